The topological polar surface area (TPSA) is 289 Å². The second kappa shape index (κ2) is 19.5. The Kier molecular flexibility index (Phi) is 14.1. The van der Waals surface area contributed by atoms with Crippen LogP contribution in [-0.4, -0.2) is 135 Å². The average molecular weight is 901 g/mol. The van der Waals surface area contributed by atoms with Gasteiger partial charge < -0.3 is 59.2 Å². The van der Waals surface area contributed by atoms with Crippen LogP contribution in [0.5, 0.6) is 11.5 Å². The van der Waals surface area contributed by atoms with Gasteiger partial charge in [-0.1, -0.05) is 29.3 Å². The number of aromatic hydroxyl groups is 1. The standard InChI is InChI=1S/C46H49N3O16/c1-25-17-26(2)19-29(18-25)39-37-28(12-14-48-37)21-49(39)65-41-44(63-31-10-11-32-34(20-31)61-22-33(40(32)55)27-6-8-30(53)9-7-27)64-36(23-62-43(58)38(42(56)57)47-13-4-16-51)45(59,24-52)46(41,60)35(54)5-3-15-50/h6-12,14,16-20,22,35-36,38,41,44,47,50,52-54,59-60H,3-5,13,15,21,23-24H2,1-2H3,(H,56,57)/p+1/t35-,36+,38-,41-,44+,45+,46+/m1/s1. The third-order valence-electron chi connectivity index (χ3n) is 11.7. The number of phenols is 1. The molecule has 19 heteroatoms. The molecule has 344 valence electrons. The summed E-state index contributed by atoms with van der Waals surface area (Å²) < 4.78 is 23.9. The van der Waals surface area contributed by atoms with Crippen molar-refractivity contribution < 1.29 is 78.7 Å². The summed E-state index contributed by atoms with van der Waals surface area (Å²) in [7, 11) is 0. The van der Waals surface area contributed by atoms with Gasteiger partial charge in [0.25, 0.3) is 0 Å². The first-order chi connectivity index (χ1) is 31.1. The number of aliphatic hydroxyl groups is 5. The summed E-state index contributed by atoms with van der Waals surface area (Å²) in [5, 5.41) is 80.7. The first kappa shape index (κ1) is 46.9. The number of nitrogens with zero attached hydrogens (tertiary/aromatic N) is 1. The van der Waals surface area contributed by atoms with Gasteiger partial charge in [0.2, 0.25) is 18.4 Å². The van der Waals surface area contributed by atoms with Gasteiger partial charge in [0.05, 0.1) is 23.7 Å². The summed E-state index contributed by atoms with van der Waals surface area (Å²) in [5.41, 5.74) is -1.30. The summed E-state index contributed by atoms with van der Waals surface area (Å²) in [6, 6.07) is 13.9. The van der Waals surface area contributed by atoms with E-state index in [0.29, 0.717) is 28.8 Å². The lowest BCUT2D eigenvalue weighted by molar-refractivity contribution is -1.04. The van der Waals surface area contributed by atoms with Gasteiger partial charge in [0, 0.05) is 43.0 Å². The second-order valence-electron chi connectivity index (χ2n) is 16.1. The highest BCUT2D eigenvalue weighted by molar-refractivity contribution is 5.98. The zero-order chi connectivity index (χ0) is 46.6. The number of carboxylic acid groups (broad SMARTS) is 1. The van der Waals surface area contributed by atoms with E-state index in [1.807, 2.05) is 32.0 Å². The number of quaternary nitrogens is 1. The van der Waals surface area contributed by atoms with Crippen LogP contribution >= 0.6 is 0 Å². The number of carbonyl (C=O) groups is 3. The number of aryl methyl sites for hydroxylation is 2. The number of aliphatic carboxylic acids is 1. The van der Waals surface area contributed by atoms with E-state index < -0.39 is 79.0 Å². The Morgan fingerprint density at radius 1 is 1.05 bits per heavy atom. The van der Waals surface area contributed by atoms with E-state index in [4.69, 9.17) is 23.5 Å². The number of aldehydes is 1. The van der Waals surface area contributed by atoms with E-state index >= 15 is 0 Å². The molecule has 65 heavy (non-hydrogen) atoms. The number of carboxylic acids is 1. The molecule has 9 N–H and O–H groups in total. The summed E-state index contributed by atoms with van der Waals surface area (Å²) in [4.78, 5) is 61.1. The number of esters is 1. The van der Waals surface area contributed by atoms with Crippen molar-refractivity contribution in [2.75, 3.05) is 32.9 Å². The van der Waals surface area contributed by atoms with Crippen molar-refractivity contribution in [2.24, 2.45) is 4.99 Å². The molecule has 3 aliphatic heterocycles. The molecule has 4 heterocycles. The first-order valence-corrected chi connectivity index (χ1v) is 20.8. The van der Waals surface area contributed by atoms with Crippen molar-refractivity contribution in [3.05, 3.63) is 111 Å². The minimum atomic E-state index is -3.01. The number of carbonyl (C=O) groups excluding carboxylic acids is 2. The zero-order valence-corrected chi connectivity index (χ0v) is 35.4. The van der Waals surface area contributed by atoms with Gasteiger partial charge in [-0.05, 0) is 74.7 Å². The monoisotopic (exact) mass is 900 g/mol. The fourth-order valence-corrected chi connectivity index (χ4v) is 8.43. The molecule has 0 bridgehead atoms. The normalized spacial score (nSPS) is 24.7. The molecule has 0 aliphatic carbocycles. The number of hydrogen-bond acceptors (Lipinski definition) is 17. The molecule has 1 aromatic heterocycles. The number of aliphatic hydroxyl groups excluding tert-OH is 3. The number of hydroxylamine groups is 2. The third-order valence-corrected chi connectivity index (χ3v) is 11.7. The van der Waals surface area contributed by atoms with Crippen LogP contribution in [0.1, 0.15) is 36.0 Å². The fraction of sp³-hybridized carbons (Fsp3) is 0.370. The molecule has 8 atom stereocenters. The SMILES string of the molecule is Cc1cc(C)cc(C2=C3N=CC=C3C[NH+]2O[C@@H]2[C@@H](Oc3ccc4c(=O)c(-c5ccc(O)cc5)coc4c3)O[C@@H](COC(=O)[C@H](NCCC=O)C(=O)O)[C@@](O)(CO)[C@]2(O)[C@H](O)CCCO)c1. The van der Waals surface area contributed by atoms with Gasteiger partial charge in [0.15, 0.2) is 22.3 Å². The number of rotatable bonds is 19. The van der Waals surface area contributed by atoms with E-state index in [0.717, 1.165) is 16.7 Å². The Morgan fingerprint density at radius 3 is 2.46 bits per heavy atom. The number of aliphatic imine (C=N–C) groups is 1. The highest BCUT2D eigenvalue weighted by atomic mass is 16.8. The Balaban J connectivity index is 1.32. The van der Waals surface area contributed by atoms with Crippen molar-refractivity contribution in [1.29, 1.82) is 0 Å². The van der Waals surface area contributed by atoms with E-state index in [2.05, 4.69) is 10.3 Å². The lowest BCUT2D eigenvalue weighted by atomic mass is 9.68. The van der Waals surface area contributed by atoms with E-state index in [1.165, 1.54) is 36.6 Å². The van der Waals surface area contributed by atoms with Crippen molar-refractivity contribution in [3.8, 4) is 22.6 Å². The highest BCUT2D eigenvalue weighted by Gasteiger charge is 2.71. The fourth-order valence-electron chi connectivity index (χ4n) is 8.43. The number of ether oxygens (including phenoxy) is 3. The minimum absolute atomic E-state index is 0.00373. The quantitative estimate of drug-likeness (QED) is 0.0263. The number of hydrogen-bond donors (Lipinski definition) is 9. The van der Waals surface area contributed by atoms with Crippen LogP contribution in [0.2, 0.25) is 0 Å². The van der Waals surface area contributed by atoms with Crippen molar-refractivity contribution >= 4 is 41.1 Å². The smallest absolute Gasteiger partial charge is 0.334 e. The van der Waals surface area contributed by atoms with Crippen molar-refractivity contribution in [3.63, 3.8) is 0 Å². The Hall–Kier alpha value is -6.13. The van der Waals surface area contributed by atoms with Crippen molar-refractivity contribution in [2.45, 2.75) is 75.0 Å². The van der Waals surface area contributed by atoms with Gasteiger partial charge in [-0.15, -0.1) is 0 Å². The highest BCUT2D eigenvalue weighted by Crippen LogP contribution is 2.44. The molecule has 1 fully saturated rings. The molecule has 3 aliphatic rings. The Labute approximate surface area is 371 Å². The lowest BCUT2D eigenvalue weighted by Gasteiger charge is -2.56. The van der Waals surface area contributed by atoms with Gasteiger partial charge in [-0.25, -0.2) is 14.6 Å². The Bertz CT molecular complexity index is 2570. The van der Waals surface area contributed by atoms with Crippen LogP contribution in [0.3, 0.4) is 0 Å². The van der Waals surface area contributed by atoms with Gasteiger partial charge in [-0.2, -0.15) is 9.90 Å². The number of allylic oxidation sites excluding steroid dienone is 1. The van der Waals surface area contributed by atoms with Crippen LogP contribution in [0.4, 0.5) is 0 Å². The van der Waals surface area contributed by atoms with Crippen LogP contribution < -0.4 is 20.5 Å². The summed E-state index contributed by atoms with van der Waals surface area (Å²) >= 11 is 0. The predicted molar refractivity (Wildman–Crippen MR) is 229 cm³/mol. The number of nitrogens with one attached hydrogen (secondary N) is 2. The van der Waals surface area contributed by atoms with E-state index in [9.17, 15) is 54.9 Å². The number of fused-ring (bicyclic) bond motifs is 2. The largest absolute Gasteiger partial charge is 0.508 e. The van der Waals surface area contributed by atoms with Crippen LogP contribution in [0, 0.1) is 13.8 Å². The predicted octanol–water partition coefficient (Wildman–Crippen LogP) is 0.227. The second-order valence-corrected chi connectivity index (χ2v) is 16.1. The van der Waals surface area contributed by atoms with Gasteiger partial charge in [0.1, 0.15) is 54.6 Å². The molecule has 0 amide bonds. The zero-order valence-electron chi connectivity index (χ0n) is 35.4. The maximum absolute atomic E-state index is 13.7. The number of phenolic OH excluding ortho intramolecular Hbond substituents is 1. The molecular formula is C46H50N3O16+. The van der Waals surface area contributed by atoms with Gasteiger partial charge in [-0.3, -0.25) is 10.1 Å². The molecule has 0 saturated carbocycles. The first-order valence-electron chi connectivity index (χ1n) is 20.8. The maximum Gasteiger partial charge on any atom is 0.334 e. The molecule has 19 nitrogen and oxygen atoms in total. The molecule has 4 aromatic rings. The molecule has 0 radical (unpaired) electrons. The number of benzene rings is 3. The lowest BCUT2D eigenvalue weighted by Crippen LogP contribution is -3.09. The average Bonchev–Trinajstić information content (AvgIpc) is 3.87. The molecular weight excluding hydrogens is 851 g/mol. The summed E-state index contributed by atoms with van der Waals surface area (Å²) in [5.74, 6) is -3.08. The van der Waals surface area contributed by atoms with Crippen LogP contribution in [0.15, 0.2) is 98.5 Å². The molecule has 1 unspecified atom stereocenters. The van der Waals surface area contributed by atoms with E-state index in [-0.39, 0.29) is 65.4 Å². The van der Waals surface area contributed by atoms with Crippen LogP contribution in [0.25, 0.3) is 27.8 Å². The summed E-state index contributed by atoms with van der Waals surface area (Å²) in [6.07, 6.45) is -3.31. The molecule has 3 aromatic carbocycles. The Morgan fingerprint density at radius 2 is 1.78 bits per heavy atom. The summed E-state index contributed by atoms with van der Waals surface area (Å²) in [6.45, 7) is 0.899. The van der Waals surface area contributed by atoms with Crippen LogP contribution in [-0.2, 0) is 28.7 Å². The molecule has 1 saturated heterocycles. The maximum atomic E-state index is 13.7. The third kappa shape index (κ3) is 9.23. The van der Waals surface area contributed by atoms with Crippen molar-refractivity contribution in [1.82, 2.24) is 5.32 Å². The van der Waals surface area contributed by atoms with E-state index in [1.54, 1.807) is 24.4 Å². The molecule has 0 spiro atoms. The molecule has 7 rings (SSSR count). The van der Waals surface area contributed by atoms with Gasteiger partial charge >= 0.3 is 11.9 Å². The minimum Gasteiger partial charge on any atom is -0.508 e.